The van der Waals surface area contributed by atoms with Crippen LogP contribution in [0, 0.1) is 0 Å². The van der Waals surface area contributed by atoms with Crippen LogP contribution in [0.3, 0.4) is 0 Å². The standard InChI is InChI=1S/C18H21IO/c1-2-13-20-18-7-3-6-17(14-18)16-10-8-15(9-11-16)5-4-12-19/h3,6-11,14H,2,4-5,12-13H2,1H3. The van der Waals surface area contributed by atoms with E-state index in [1.165, 1.54) is 34.0 Å². The number of benzene rings is 2. The maximum atomic E-state index is 5.69. The van der Waals surface area contributed by atoms with Crippen LogP contribution in [0.25, 0.3) is 11.1 Å². The van der Waals surface area contributed by atoms with Crippen molar-refractivity contribution in [1.29, 1.82) is 0 Å². The third-order valence-electron chi connectivity index (χ3n) is 3.19. The molecule has 2 heteroatoms. The van der Waals surface area contributed by atoms with Gasteiger partial charge in [-0.15, -0.1) is 0 Å². The van der Waals surface area contributed by atoms with Gasteiger partial charge in [0.05, 0.1) is 6.61 Å². The zero-order valence-corrected chi connectivity index (χ0v) is 14.1. The van der Waals surface area contributed by atoms with E-state index in [2.05, 4.69) is 72.0 Å². The number of alkyl halides is 1. The maximum Gasteiger partial charge on any atom is 0.119 e. The van der Waals surface area contributed by atoms with Crippen LogP contribution in [-0.2, 0) is 6.42 Å². The van der Waals surface area contributed by atoms with Gasteiger partial charge >= 0.3 is 0 Å². The van der Waals surface area contributed by atoms with Crippen LogP contribution >= 0.6 is 22.6 Å². The van der Waals surface area contributed by atoms with Crippen molar-refractivity contribution >= 4 is 22.6 Å². The fourth-order valence-corrected chi connectivity index (χ4v) is 2.50. The molecule has 0 amide bonds. The second-order valence-corrected chi connectivity index (χ2v) is 5.94. The van der Waals surface area contributed by atoms with Crippen LogP contribution in [0.1, 0.15) is 25.3 Å². The van der Waals surface area contributed by atoms with Crippen molar-refractivity contribution in [3.8, 4) is 16.9 Å². The highest BCUT2D eigenvalue weighted by molar-refractivity contribution is 14.1. The molecule has 0 saturated heterocycles. The van der Waals surface area contributed by atoms with E-state index < -0.39 is 0 Å². The van der Waals surface area contributed by atoms with Crippen LogP contribution in [0.2, 0.25) is 0 Å². The van der Waals surface area contributed by atoms with Crippen LogP contribution in [0.15, 0.2) is 48.5 Å². The molecule has 0 heterocycles. The molecule has 0 aromatic heterocycles. The van der Waals surface area contributed by atoms with Crippen LogP contribution in [0.4, 0.5) is 0 Å². The average Bonchev–Trinajstić information content (AvgIpc) is 2.52. The van der Waals surface area contributed by atoms with Gasteiger partial charge in [-0.3, -0.25) is 0 Å². The SMILES string of the molecule is CCCOc1cccc(-c2ccc(CCCI)cc2)c1. The summed E-state index contributed by atoms with van der Waals surface area (Å²) in [5.74, 6) is 0.957. The van der Waals surface area contributed by atoms with E-state index in [1.54, 1.807) is 0 Å². The molecule has 0 spiro atoms. The molecule has 0 N–H and O–H groups in total. The monoisotopic (exact) mass is 380 g/mol. The lowest BCUT2D eigenvalue weighted by Gasteiger charge is -2.08. The number of aryl methyl sites for hydroxylation is 1. The van der Waals surface area contributed by atoms with E-state index in [4.69, 9.17) is 4.74 Å². The summed E-state index contributed by atoms with van der Waals surface area (Å²) in [5.41, 5.74) is 3.90. The molecule has 0 bridgehead atoms. The Morgan fingerprint density at radius 2 is 1.80 bits per heavy atom. The molecule has 2 aromatic rings. The Hall–Kier alpha value is -1.03. The molecule has 0 fully saturated rings. The van der Waals surface area contributed by atoms with Gasteiger partial charge in [0.1, 0.15) is 5.75 Å². The predicted molar refractivity (Wildman–Crippen MR) is 94.9 cm³/mol. The van der Waals surface area contributed by atoms with E-state index in [0.29, 0.717) is 0 Å². The molecule has 0 aliphatic heterocycles. The minimum absolute atomic E-state index is 0.776. The van der Waals surface area contributed by atoms with Crippen molar-refractivity contribution in [3.63, 3.8) is 0 Å². The largest absolute Gasteiger partial charge is 0.494 e. The Kier molecular flexibility index (Phi) is 6.37. The van der Waals surface area contributed by atoms with Gasteiger partial charge in [0.2, 0.25) is 0 Å². The third-order valence-corrected chi connectivity index (χ3v) is 3.96. The van der Waals surface area contributed by atoms with Crippen molar-refractivity contribution in [3.05, 3.63) is 54.1 Å². The Bertz CT molecular complexity index is 519. The van der Waals surface area contributed by atoms with Crippen LogP contribution < -0.4 is 4.74 Å². The minimum Gasteiger partial charge on any atom is -0.494 e. The first-order valence-electron chi connectivity index (χ1n) is 7.21. The van der Waals surface area contributed by atoms with E-state index in [1.807, 2.05) is 6.07 Å². The molecule has 0 saturated carbocycles. The summed E-state index contributed by atoms with van der Waals surface area (Å²) < 4.78 is 6.91. The van der Waals surface area contributed by atoms with Gasteiger partial charge in [-0.2, -0.15) is 0 Å². The van der Waals surface area contributed by atoms with Crippen molar-refractivity contribution in [2.45, 2.75) is 26.2 Å². The Labute approximate surface area is 135 Å². The maximum absolute atomic E-state index is 5.69. The Morgan fingerprint density at radius 1 is 1.00 bits per heavy atom. The van der Waals surface area contributed by atoms with Crippen molar-refractivity contribution in [2.24, 2.45) is 0 Å². The van der Waals surface area contributed by atoms with E-state index in [0.717, 1.165) is 18.8 Å². The van der Waals surface area contributed by atoms with Gasteiger partial charge < -0.3 is 4.74 Å². The summed E-state index contributed by atoms with van der Waals surface area (Å²) in [6.45, 7) is 2.90. The molecular weight excluding hydrogens is 359 g/mol. The average molecular weight is 380 g/mol. The second kappa shape index (κ2) is 8.30. The molecule has 0 aliphatic carbocycles. The van der Waals surface area contributed by atoms with Gasteiger partial charge in [-0.25, -0.2) is 0 Å². The summed E-state index contributed by atoms with van der Waals surface area (Å²) >= 11 is 2.43. The smallest absolute Gasteiger partial charge is 0.119 e. The van der Waals surface area contributed by atoms with Gasteiger partial charge in [-0.1, -0.05) is 65.9 Å². The highest BCUT2D eigenvalue weighted by Gasteiger charge is 2.01. The van der Waals surface area contributed by atoms with Crippen molar-refractivity contribution in [1.82, 2.24) is 0 Å². The van der Waals surface area contributed by atoms with Crippen LogP contribution in [-0.4, -0.2) is 11.0 Å². The molecule has 1 nitrogen and oxygen atoms in total. The lowest BCUT2D eigenvalue weighted by atomic mass is 10.0. The summed E-state index contributed by atoms with van der Waals surface area (Å²) in [6, 6.07) is 17.2. The van der Waals surface area contributed by atoms with Crippen LogP contribution in [0.5, 0.6) is 5.75 Å². The summed E-state index contributed by atoms with van der Waals surface area (Å²) in [6.07, 6.45) is 3.46. The topological polar surface area (TPSA) is 9.23 Å². The van der Waals surface area contributed by atoms with E-state index >= 15 is 0 Å². The number of ether oxygens (including phenoxy) is 1. The second-order valence-electron chi connectivity index (χ2n) is 4.87. The first-order chi connectivity index (χ1) is 9.83. The number of halogens is 1. The first-order valence-corrected chi connectivity index (χ1v) is 8.74. The molecule has 106 valence electrons. The number of rotatable bonds is 7. The highest BCUT2D eigenvalue weighted by Crippen LogP contribution is 2.24. The molecule has 2 aromatic carbocycles. The molecule has 0 atom stereocenters. The molecule has 0 aliphatic rings. The van der Waals surface area contributed by atoms with Gasteiger partial charge in [-0.05, 0) is 52.5 Å². The fraction of sp³-hybridized carbons (Fsp3) is 0.333. The van der Waals surface area contributed by atoms with E-state index in [-0.39, 0.29) is 0 Å². The first kappa shape index (κ1) is 15.4. The lowest BCUT2D eigenvalue weighted by molar-refractivity contribution is 0.317. The number of hydrogen-bond acceptors (Lipinski definition) is 1. The Morgan fingerprint density at radius 3 is 2.50 bits per heavy atom. The molecule has 2 rings (SSSR count). The van der Waals surface area contributed by atoms with Gasteiger partial charge in [0.15, 0.2) is 0 Å². The summed E-state index contributed by atoms with van der Waals surface area (Å²) in [7, 11) is 0. The molecular formula is C18H21IO. The van der Waals surface area contributed by atoms with Gasteiger partial charge in [0, 0.05) is 0 Å². The zero-order valence-electron chi connectivity index (χ0n) is 11.9. The fourth-order valence-electron chi connectivity index (χ4n) is 2.12. The summed E-state index contributed by atoms with van der Waals surface area (Å²) in [5, 5.41) is 0. The Balaban J connectivity index is 2.10. The molecule has 0 radical (unpaired) electrons. The predicted octanol–water partition coefficient (Wildman–Crippen LogP) is 5.51. The van der Waals surface area contributed by atoms with E-state index in [9.17, 15) is 0 Å². The molecule has 0 unspecified atom stereocenters. The number of hydrogen-bond donors (Lipinski definition) is 0. The highest BCUT2D eigenvalue weighted by atomic mass is 127. The normalized spacial score (nSPS) is 10.5. The minimum atomic E-state index is 0.776. The third kappa shape index (κ3) is 4.51. The van der Waals surface area contributed by atoms with Crippen molar-refractivity contribution < 1.29 is 4.74 Å². The van der Waals surface area contributed by atoms with Crippen molar-refractivity contribution in [2.75, 3.05) is 11.0 Å². The van der Waals surface area contributed by atoms with Gasteiger partial charge in [0.25, 0.3) is 0 Å². The lowest BCUT2D eigenvalue weighted by Crippen LogP contribution is -1.94. The zero-order chi connectivity index (χ0) is 14.2. The summed E-state index contributed by atoms with van der Waals surface area (Å²) in [4.78, 5) is 0. The quantitative estimate of drug-likeness (QED) is 0.455. The molecule has 20 heavy (non-hydrogen) atoms.